The van der Waals surface area contributed by atoms with Gasteiger partial charge in [0.25, 0.3) is 0 Å². The Morgan fingerprint density at radius 3 is 2.67 bits per heavy atom. The number of ketones is 1. The molecule has 2 heterocycles. The van der Waals surface area contributed by atoms with E-state index in [1.54, 1.807) is 24.4 Å². The van der Waals surface area contributed by atoms with E-state index < -0.39 is 0 Å². The number of fused-ring (bicyclic) bond motifs is 2. The maximum absolute atomic E-state index is 12.0. The van der Waals surface area contributed by atoms with E-state index in [1.165, 1.54) is 0 Å². The number of carbonyl (C=O) groups is 1. The molecule has 2 aromatic rings. The van der Waals surface area contributed by atoms with Crippen LogP contribution in [0.2, 0.25) is 0 Å². The normalized spacial score (nSPS) is 12.7. The van der Waals surface area contributed by atoms with Crippen LogP contribution < -0.4 is 5.32 Å². The SMILES string of the molecule is O=C1c2ccccc2[N]c2ncccc21. The van der Waals surface area contributed by atoms with Crippen molar-refractivity contribution in [1.29, 1.82) is 0 Å². The minimum Gasteiger partial charge on any atom is -0.288 e. The summed E-state index contributed by atoms with van der Waals surface area (Å²) in [5.41, 5.74) is 1.93. The molecule has 0 saturated heterocycles. The predicted molar refractivity (Wildman–Crippen MR) is 55.6 cm³/mol. The number of aromatic nitrogens is 1. The molecule has 1 aromatic heterocycles. The number of hydrogen-bond donors (Lipinski definition) is 0. The molecule has 3 heteroatoms. The number of benzene rings is 1. The van der Waals surface area contributed by atoms with E-state index in [-0.39, 0.29) is 5.78 Å². The number of carbonyl (C=O) groups excluding carboxylic acids is 1. The molecule has 0 bridgehead atoms. The second-order valence-corrected chi connectivity index (χ2v) is 3.33. The van der Waals surface area contributed by atoms with Crippen molar-refractivity contribution in [1.82, 2.24) is 10.3 Å². The van der Waals surface area contributed by atoms with E-state index in [0.717, 1.165) is 0 Å². The number of para-hydroxylation sites is 1. The highest BCUT2D eigenvalue weighted by atomic mass is 16.1. The molecule has 1 aliphatic rings. The third-order valence-electron chi connectivity index (χ3n) is 2.41. The van der Waals surface area contributed by atoms with Gasteiger partial charge in [0.05, 0.1) is 11.3 Å². The van der Waals surface area contributed by atoms with Crippen molar-refractivity contribution in [2.45, 2.75) is 0 Å². The lowest BCUT2D eigenvalue weighted by molar-refractivity contribution is 0.103. The van der Waals surface area contributed by atoms with Crippen molar-refractivity contribution in [3.63, 3.8) is 0 Å². The van der Waals surface area contributed by atoms with Gasteiger partial charge >= 0.3 is 0 Å². The lowest BCUT2D eigenvalue weighted by Gasteiger charge is -2.15. The molecule has 1 radical (unpaired) electrons. The molecule has 0 amide bonds. The molecule has 0 unspecified atom stereocenters. The van der Waals surface area contributed by atoms with Crippen molar-refractivity contribution in [3.05, 3.63) is 53.7 Å². The number of nitrogens with zero attached hydrogens (tertiary/aromatic N) is 2. The Bertz CT molecular complexity index is 501. The third kappa shape index (κ3) is 1.13. The fourth-order valence-corrected chi connectivity index (χ4v) is 1.69. The van der Waals surface area contributed by atoms with Crippen LogP contribution in [0.15, 0.2) is 42.6 Å². The van der Waals surface area contributed by atoms with Gasteiger partial charge in [-0.15, -0.1) is 0 Å². The fourth-order valence-electron chi connectivity index (χ4n) is 1.69. The highest BCUT2D eigenvalue weighted by molar-refractivity contribution is 6.16. The van der Waals surface area contributed by atoms with Crippen LogP contribution in [0.25, 0.3) is 0 Å². The van der Waals surface area contributed by atoms with Crippen LogP contribution in [0.4, 0.5) is 11.5 Å². The molecule has 1 aliphatic heterocycles. The van der Waals surface area contributed by atoms with Crippen LogP contribution in [-0.4, -0.2) is 10.8 Å². The van der Waals surface area contributed by atoms with Crippen LogP contribution in [0, 0.1) is 0 Å². The van der Waals surface area contributed by atoms with Gasteiger partial charge in [-0.2, -0.15) is 0 Å². The van der Waals surface area contributed by atoms with Gasteiger partial charge < -0.3 is 0 Å². The minimum atomic E-state index is 0.00343. The van der Waals surface area contributed by atoms with Gasteiger partial charge in [0.2, 0.25) is 0 Å². The zero-order valence-corrected chi connectivity index (χ0v) is 7.84. The lowest BCUT2D eigenvalue weighted by atomic mass is 9.99. The molecule has 15 heavy (non-hydrogen) atoms. The standard InChI is InChI=1S/C12H7N2O/c15-11-8-4-1-2-6-10(8)14-12-9(11)5-3-7-13-12/h1-7H. The first kappa shape index (κ1) is 8.17. The van der Waals surface area contributed by atoms with E-state index in [0.29, 0.717) is 22.6 Å². The molecule has 0 saturated carbocycles. The summed E-state index contributed by atoms with van der Waals surface area (Å²) in [7, 11) is 0. The first-order chi connectivity index (χ1) is 7.36. The van der Waals surface area contributed by atoms with Crippen molar-refractivity contribution < 1.29 is 4.79 Å². The molecule has 0 atom stereocenters. The zero-order valence-electron chi connectivity index (χ0n) is 7.84. The zero-order chi connectivity index (χ0) is 10.3. The second kappa shape index (κ2) is 2.92. The van der Waals surface area contributed by atoms with Crippen molar-refractivity contribution in [2.75, 3.05) is 0 Å². The first-order valence-electron chi connectivity index (χ1n) is 4.67. The Balaban J connectivity index is 2.24. The highest BCUT2D eigenvalue weighted by Gasteiger charge is 2.24. The average molecular weight is 195 g/mol. The van der Waals surface area contributed by atoms with Crippen LogP contribution >= 0.6 is 0 Å². The van der Waals surface area contributed by atoms with Crippen LogP contribution in [0.3, 0.4) is 0 Å². The summed E-state index contributed by atoms with van der Waals surface area (Å²) in [5, 5.41) is 4.33. The summed E-state index contributed by atoms with van der Waals surface area (Å²) in [6.07, 6.45) is 1.64. The van der Waals surface area contributed by atoms with Gasteiger partial charge in [0, 0.05) is 11.8 Å². The Hall–Kier alpha value is -2.16. The predicted octanol–water partition coefficient (Wildman–Crippen LogP) is 2.19. The quantitative estimate of drug-likeness (QED) is 0.552. The summed E-state index contributed by atoms with van der Waals surface area (Å²) in [4.78, 5) is 16.1. The molecule has 71 valence electrons. The highest BCUT2D eigenvalue weighted by Crippen LogP contribution is 2.30. The first-order valence-corrected chi connectivity index (χ1v) is 4.67. The summed E-state index contributed by atoms with van der Waals surface area (Å²) >= 11 is 0. The second-order valence-electron chi connectivity index (χ2n) is 3.33. The van der Waals surface area contributed by atoms with Crippen LogP contribution in [0.1, 0.15) is 15.9 Å². The van der Waals surface area contributed by atoms with Crippen molar-refractivity contribution in [2.24, 2.45) is 0 Å². The maximum atomic E-state index is 12.0. The Morgan fingerprint density at radius 1 is 0.933 bits per heavy atom. The molecule has 0 N–H and O–H groups in total. The third-order valence-corrected chi connectivity index (χ3v) is 2.41. The fraction of sp³-hybridized carbons (Fsp3) is 0. The van der Waals surface area contributed by atoms with Crippen molar-refractivity contribution >= 4 is 17.3 Å². The molecule has 3 nitrogen and oxygen atoms in total. The molecule has 0 aliphatic carbocycles. The molecule has 0 spiro atoms. The Labute approximate surface area is 86.8 Å². The summed E-state index contributed by atoms with van der Waals surface area (Å²) in [5.74, 6) is 0.518. The Morgan fingerprint density at radius 2 is 1.73 bits per heavy atom. The molecular weight excluding hydrogens is 188 g/mol. The topological polar surface area (TPSA) is 44.1 Å². The van der Waals surface area contributed by atoms with Gasteiger partial charge in [0.15, 0.2) is 11.6 Å². The van der Waals surface area contributed by atoms with Crippen LogP contribution in [-0.2, 0) is 0 Å². The summed E-state index contributed by atoms with van der Waals surface area (Å²) in [6.45, 7) is 0. The van der Waals surface area contributed by atoms with Gasteiger partial charge in [-0.3, -0.25) is 4.79 Å². The lowest BCUT2D eigenvalue weighted by Crippen LogP contribution is -2.14. The molecule has 3 rings (SSSR count). The van der Waals surface area contributed by atoms with Crippen molar-refractivity contribution in [3.8, 4) is 0 Å². The maximum Gasteiger partial charge on any atom is 0.198 e. The van der Waals surface area contributed by atoms with Gasteiger partial charge in [0.1, 0.15) is 0 Å². The largest absolute Gasteiger partial charge is 0.288 e. The van der Waals surface area contributed by atoms with E-state index in [9.17, 15) is 4.79 Å². The average Bonchev–Trinajstić information content (AvgIpc) is 2.30. The molecular formula is C12H7N2O. The minimum absolute atomic E-state index is 0.00343. The number of pyridine rings is 1. The monoisotopic (exact) mass is 195 g/mol. The van der Waals surface area contributed by atoms with Gasteiger partial charge in [-0.05, 0) is 24.3 Å². The summed E-state index contributed by atoms with van der Waals surface area (Å²) in [6, 6.07) is 10.8. The molecule has 1 aromatic carbocycles. The van der Waals surface area contributed by atoms with Gasteiger partial charge in [-0.25, -0.2) is 10.3 Å². The van der Waals surface area contributed by atoms with E-state index in [2.05, 4.69) is 10.3 Å². The number of rotatable bonds is 0. The van der Waals surface area contributed by atoms with E-state index in [4.69, 9.17) is 0 Å². The Kier molecular flexibility index (Phi) is 1.59. The summed E-state index contributed by atoms with van der Waals surface area (Å²) < 4.78 is 0. The van der Waals surface area contributed by atoms with Gasteiger partial charge in [-0.1, -0.05) is 12.1 Å². The van der Waals surface area contributed by atoms with E-state index in [1.807, 2.05) is 18.2 Å². The molecule has 0 fully saturated rings. The van der Waals surface area contributed by atoms with Crippen LogP contribution in [0.5, 0.6) is 0 Å². The number of hydrogen-bond acceptors (Lipinski definition) is 2. The van der Waals surface area contributed by atoms with E-state index >= 15 is 0 Å². The smallest absolute Gasteiger partial charge is 0.198 e.